The smallest absolute Gasteiger partial charge is 0.309 e. The minimum Gasteiger partial charge on any atom is -0.465 e. The van der Waals surface area contributed by atoms with Gasteiger partial charge in [0, 0.05) is 0 Å². The Morgan fingerprint density at radius 3 is 1.27 bits per heavy atom. The van der Waals surface area contributed by atoms with E-state index in [9.17, 15) is 9.59 Å². The fourth-order valence-electron chi connectivity index (χ4n) is 5.69. The first-order valence-corrected chi connectivity index (χ1v) is 15.4. The summed E-state index contributed by atoms with van der Waals surface area (Å²) < 4.78 is 27.3. The van der Waals surface area contributed by atoms with Gasteiger partial charge in [-0.2, -0.15) is 0 Å². The molecule has 7 nitrogen and oxygen atoms in total. The molecule has 1 aliphatic carbocycles. The van der Waals surface area contributed by atoms with E-state index >= 15 is 0 Å². The lowest BCUT2D eigenvalue weighted by Gasteiger charge is -2.26. The van der Waals surface area contributed by atoms with E-state index in [-0.39, 0.29) is 24.1 Å². The molecule has 7 heteroatoms. The lowest BCUT2D eigenvalue weighted by Crippen LogP contribution is -2.37. The summed E-state index contributed by atoms with van der Waals surface area (Å²) in [5, 5.41) is 0. The normalized spacial score (nSPS) is 29.4. The highest BCUT2D eigenvalue weighted by Gasteiger charge is 2.53. The van der Waals surface area contributed by atoms with Crippen molar-refractivity contribution in [3.8, 4) is 0 Å². The zero-order chi connectivity index (χ0) is 25.7. The van der Waals surface area contributed by atoms with E-state index in [0.717, 1.165) is 38.9 Å². The van der Waals surface area contributed by atoms with Crippen LogP contribution >= 0.6 is 0 Å². The first-order chi connectivity index (χ1) is 18.2. The van der Waals surface area contributed by atoms with Crippen molar-refractivity contribution in [3.63, 3.8) is 0 Å². The molecule has 0 aromatic heterocycles. The van der Waals surface area contributed by atoms with Crippen LogP contribution in [0.15, 0.2) is 0 Å². The van der Waals surface area contributed by atoms with Crippen molar-refractivity contribution in [1.29, 1.82) is 0 Å². The third kappa shape index (κ3) is 11.6. The summed E-state index contributed by atoms with van der Waals surface area (Å²) >= 11 is 0. The molecular weight excluding hydrogens is 472 g/mol. The summed E-state index contributed by atoms with van der Waals surface area (Å²) in [6.07, 6.45) is 21.4. The molecule has 6 unspecified atom stereocenters. The number of carbonyl (C=O) groups excluding carboxylic acids is 2. The minimum atomic E-state index is -0.423. The molecule has 0 spiro atoms. The predicted molar refractivity (Wildman–Crippen MR) is 140 cm³/mol. The Labute approximate surface area is 223 Å². The van der Waals surface area contributed by atoms with E-state index in [1.165, 1.54) is 77.0 Å². The summed E-state index contributed by atoms with van der Waals surface area (Å²) in [5.74, 6) is -1.33. The fourth-order valence-corrected chi connectivity index (χ4v) is 5.69. The van der Waals surface area contributed by atoms with Gasteiger partial charge in [-0.05, 0) is 38.5 Å². The lowest BCUT2D eigenvalue weighted by molar-refractivity contribution is -0.162. The average molecular weight is 523 g/mol. The van der Waals surface area contributed by atoms with Gasteiger partial charge in [-0.1, -0.05) is 77.0 Å². The SMILES string of the molecule is O=C(OCCCCCCCCCC1CO1)C1CC2OC2CC1C(=O)OCCCCCCCCCC1CO1. The molecule has 4 rings (SSSR count). The van der Waals surface area contributed by atoms with Crippen molar-refractivity contribution in [3.05, 3.63) is 0 Å². The molecule has 4 fully saturated rings. The number of rotatable bonds is 22. The predicted octanol–water partition coefficient (Wildman–Crippen LogP) is 5.91. The zero-order valence-electron chi connectivity index (χ0n) is 22.9. The van der Waals surface area contributed by atoms with E-state index in [1.54, 1.807) is 0 Å². The van der Waals surface area contributed by atoms with Crippen LogP contribution in [0.4, 0.5) is 0 Å². The third-order valence-electron chi connectivity index (χ3n) is 8.39. The highest BCUT2D eigenvalue weighted by Crippen LogP contribution is 2.43. The van der Waals surface area contributed by atoms with Gasteiger partial charge >= 0.3 is 11.9 Å². The summed E-state index contributed by atoms with van der Waals surface area (Å²) in [5.41, 5.74) is 0. The number of fused-ring (bicyclic) bond motifs is 1. The van der Waals surface area contributed by atoms with Gasteiger partial charge < -0.3 is 23.7 Å². The Hall–Kier alpha value is -1.18. The number of hydrogen-bond acceptors (Lipinski definition) is 7. The molecule has 0 aromatic carbocycles. The molecule has 0 N–H and O–H groups in total. The molecule has 212 valence electrons. The molecule has 0 radical (unpaired) electrons. The maximum atomic E-state index is 12.8. The van der Waals surface area contributed by atoms with Crippen LogP contribution in [-0.4, -0.2) is 62.8 Å². The third-order valence-corrected chi connectivity index (χ3v) is 8.39. The van der Waals surface area contributed by atoms with Crippen LogP contribution in [0.2, 0.25) is 0 Å². The van der Waals surface area contributed by atoms with Gasteiger partial charge in [0.25, 0.3) is 0 Å². The second-order valence-electron chi connectivity index (χ2n) is 11.7. The van der Waals surface area contributed by atoms with Crippen molar-refractivity contribution < 1.29 is 33.3 Å². The van der Waals surface area contributed by atoms with Gasteiger partial charge in [0.15, 0.2) is 0 Å². The molecule has 0 aromatic rings. The molecule has 0 amide bonds. The van der Waals surface area contributed by atoms with E-state index in [2.05, 4.69) is 0 Å². The van der Waals surface area contributed by atoms with Crippen LogP contribution in [0.5, 0.6) is 0 Å². The molecule has 37 heavy (non-hydrogen) atoms. The van der Waals surface area contributed by atoms with Gasteiger partial charge in [0.05, 0.1) is 62.7 Å². The van der Waals surface area contributed by atoms with Gasteiger partial charge in [0.2, 0.25) is 0 Å². The first kappa shape index (κ1) is 28.8. The molecule has 1 saturated carbocycles. The Bertz CT molecular complexity index is 619. The minimum absolute atomic E-state index is 0.116. The zero-order valence-corrected chi connectivity index (χ0v) is 22.9. The van der Waals surface area contributed by atoms with E-state index in [1.807, 2.05) is 0 Å². The Kier molecular flexibility index (Phi) is 12.5. The van der Waals surface area contributed by atoms with Gasteiger partial charge in [-0.15, -0.1) is 0 Å². The molecular formula is C30H50O7. The standard InChI is InChI=1S/C30H50O7/c31-29(33-17-13-9-5-1-3-7-11-15-23-21-35-23)25-19-27-28(37-27)20-26(25)30(32)34-18-14-10-6-2-4-8-12-16-24-22-36-24/h23-28H,1-22H2. The summed E-state index contributed by atoms with van der Waals surface area (Å²) in [4.78, 5) is 25.6. The topological polar surface area (TPSA) is 90.2 Å². The Morgan fingerprint density at radius 1 is 0.541 bits per heavy atom. The van der Waals surface area contributed by atoms with Crippen LogP contribution in [0.25, 0.3) is 0 Å². The molecule has 3 aliphatic heterocycles. The van der Waals surface area contributed by atoms with Gasteiger partial charge in [-0.3, -0.25) is 9.59 Å². The molecule has 3 saturated heterocycles. The van der Waals surface area contributed by atoms with Crippen LogP contribution in [0.1, 0.15) is 116 Å². The van der Waals surface area contributed by atoms with E-state index < -0.39 is 11.8 Å². The van der Waals surface area contributed by atoms with Crippen LogP contribution in [0, 0.1) is 11.8 Å². The number of hydrogen-bond donors (Lipinski definition) is 0. The van der Waals surface area contributed by atoms with Crippen molar-refractivity contribution in [2.75, 3.05) is 26.4 Å². The summed E-state index contributed by atoms with van der Waals surface area (Å²) in [6.45, 7) is 2.82. The number of unbranched alkanes of at least 4 members (excludes halogenated alkanes) is 12. The Balaban J connectivity index is 0.996. The highest BCUT2D eigenvalue weighted by atomic mass is 16.6. The Morgan fingerprint density at radius 2 is 0.892 bits per heavy atom. The van der Waals surface area contributed by atoms with Crippen molar-refractivity contribution >= 4 is 11.9 Å². The van der Waals surface area contributed by atoms with Crippen molar-refractivity contribution in [2.24, 2.45) is 11.8 Å². The van der Waals surface area contributed by atoms with E-state index in [4.69, 9.17) is 23.7 Å². The quantitative estimate of drug-likeness (QED) is 0.0992. The van der Waals surface area contributed by atoms with Crippen LogP contribution < -0.4 is 0 Å². The number of epoxide rings is 3. The van der Waals surface area contributed by atoms with Crippen LogP contribution in [0.3, 0.4) is 0 Å². The number of ether oxygens (including phenoxy) is 5. The first-order valence-electron chi connectivity index (χ1n) is 15.4. The summed E-state index contributed by atoms with van der Waals surface area (Å²) in [6, 6.07) is 0. The second kappa shape index (κ2) is 16.0. The van der Waals surface area contributed by atoms with E-state index in [0.29, 0.717) is 38.3 Å². The number of esters is 2. The summed E-state index contributed by atoms with van der Waals surface area (Å²) in [7, 11) is 0. The van der Waals surface area contributed by atoms with Gasteiger partial charge in [-0.25, -0.2) is 0 Å². The fraction of sp³-hybridized carbons (Fsp3) is 0.933. The molecule has 3 heterocycles. The lowest BCUT2D eigenvalue weighted by atomic mass is 9.79. The van der Waals surface area contributed by atoms with Crippen molar-refractivity contribution in [2.45, 2.75) is 140 Å². The van der Waals surface area contributed by atoms with Gasteiger partial charge in [0.1, 0.15) is 0 Å². The maximum Gasteiger partial charge on any atom is 0.309 e. The molecule has 6 atom stereocenters. The van der Waals surface area contributed by atoms with Crippen LogP contribution in [-0.2, 0) is 33.3 Å². The maximum absolute atomic E-state index is 12.8. The largest absolute Gasteiger partial charge is 0.465 e. The average Bonchev–Trinajstić information content (AvgIpc) is 3.75. The monoisotopic (exact) mass is 522 g/mol. The van der Waals surface area contributed by atoms with Crippen molar-refractivity contribution in [1.82, 2.24) is 0 Å². The molecule has 0 bridgehead atoms. The molecule has 4 aliphatic rings. The highest BCUT2D eigenvalue weighted by molar-refractivity contribution is 5.82. The second-order valence-corrected chi connectivity index (χ2v) is 11.7. The number of carbonyl (C=O) groups is 2.